The maximum absolute atomic E-state index is 13.5. The summed E-state index contributed by atoms with van der Waals surface area (Å²) in [6, 6.07) is 10.0. The fourth-order valence-electron chi connectivity index (χ4n) is 3.14. The predicted octanol–water partition coefficient (Wildman–Crippen LogP) is 3.76. The zero-order valence-electron chi connectivity index (χ0n) is 15.3. The van der Waals surface area contributed by atoms with Gasteiger partial charge in [0.2, 0.25) is 5.91 Å². The molecule has 0 spiro atoms. The van der Waals surface area contributed by atoms with Crippen molar-refractivity contribution < 1.29 is 13.6 Å². The van der Waals surface area contributed by atoms with Crippen LogP contribution in [0.15, 0.2) is 51.7 Å². The van der Waals surface area contributed by atoms with E-state index in [0.717, 1.165) is 35.1 Å². The lowest BCUT2D eigenvalue weighted by Gasteiger charge is -2.12. The Bertz CT molecular complexity index is 1090. The van der Waals surface area contributed by atoms with Crippen LogP contribution >= 0.6 is 0 Å². The third-order valence-electron chi connectivity index (χ3n) is 4.41. The molecule has 3 aromatic rings. The van der Waals surface area contributed by atoms with Crippen molar-refractivity contribution in [1.29, 1.82) is 0 Å². The first kappa shape index (κ1) is 18.6. The molecule has 6 heteroatoms. The van der Waals surface area contributed by atoms with E-state index in [1.54, 1.807) is 18.2 Å². The normalized spacial score (nSPS) is 11.9. The van der Waals surface area contributed by atoms with Gasteiger partial charge in [-0.25, -0.2) is 9.18 Å². The maximum atomic E-state index is 13.5. The van der Waals surface area contributed by atoms with Gasteiger partial charge in [0.05, 0.1) is 5.52 Å². The molecule has 1 heterocycles. The standard InChI is InChI=1S/C21H21FN2O3/c1-3-4-5-17(16-8-7-15(22)10-13(16)2)14-6-9-19-18(11-14)24(12-20(23)25)21(26)27-19/h5-11H,3-4,12H2,1-2H3,(H2,23,25)/b17-5-. The molecule has 0 unspecified atom stereocenters. The van der Waals surface area contributed by atoms with Crippen molar-refractivity contribution in [2.45, 2.75) is 33.2 Å². The summed E-state index contributed by atoms with van der Waals surface area (Å²) in [5, 5.41) is 0. The quantitative estimate of drug-likeness (QED) is 0.719. The molecule has 1 aromatic heterocycles. The van der Waals surface area contributed by atoms with Crippen LogP contribution in [0.25, 0.3) is 16.7 Å². The van der Waals surface area contributed by atoms with Gasteiger partial charge < -0.3 is 10.2 Å². The monoisotopic (exact) mass is 368 g/mol. The Morgan fingerprint density at radius 3 is 2.70 bits per heavy atom. The predicted molar refractivity (Wildman–Crippen MR) is 103 cm³/mol. The summed E-state index contributed by atoms with van der Waals surface area (Å²) in [5.74, 6) is -1.54. The molecule has 0 saturated heterocycles. The summed E-state index contributed by atoms with van der Waals surface area (Å²) in [7, 11) is 0. The molecule has 2 aromatic carbocycles. The van der Waals surface area contributed by atoms with Gasteiger partial charge in [0.1, 0.15) is 12.4 Å². The van der Waals surface area contributed by atoms with Crippen LogP contribution in [0.4, 0.5) is 4.39 Å². The highest BCUT2D eigenvalue weighted by Gasteiger charge is 2.15. The average Bonchev–Trinajstić information content (AvgIpc) is 2.91. The molecule has 1 amide bonds. The number of unbranched alkanes of at least 4 members (excludes halogenated alkanes) is 1. The number of nitrogens with two attached hydrogens (primary N) is 1. The summed E-state index contributed by atoms with van der Waals surface area (Å²) in [4.78, 5) is 23.3. The second-order valence-electron chi connectivity index (χ2n) is 6.47. The van der Waals surface area contributed by atoms with Gasteiger partial charge in [-0.05, 0) is 59.9 Å². The molecular formula is C21H21FN2O3. The minimum atomic E-state index is -0.627. The van der Waals surface area contributed by atoms with Crippen molar-refractivity contribution in [2.75, 3.05) is 0 Å². The molecule has 0 aliphatic heterocycles. The van der Waals surface area contributed by atoms with E-state index in [0.29, 0.717) is 11.1 Å². The van der Waals surface area contributed by atoms with Crippen molar-refractivity contribution in [1.82, 2.24) is 4.57 Å². The SMILES string of the molecule is CCC/C=C(/c1ccc2oc(=O)n(CC(N)=O)c2c1)c1ccc(F)cc1C. The minimum Gasteiger partial charge on any atom is -0.408 e. The van der Waals surface area contributed by atoms with Crippen molar-refractivity contribution in [2.24, 2.45) is 5.73 Å². The smallest absolute Gasteiger partial charge is 0.408 e. The van der Waals surface area contributed by atoms with Gasteiger partial charge >= 0.3 is 5.76 Å². The van der Waals surface area contributed by atoms with Gasteiger partial charge in [-0.15, -0.1) is 0 Å². The Hall–Kier alpha value is -3.15. The Morgan fingerprint density at radius 2 is 2.04 bits per heavy atom. The number of rotatable bonds is 6. The number of hydrogen-bond acceptors (Lipinski definition) is 3. The highest BCUT2D eigenvalue weighted by atomic mass is 19.1. The topological polar surface area (TPSA) is 78.2 Å². The molecular weight excluding hydrogens is 347 g/mol. The number of amides is 1. The van der Waals surface area contributed by atoms with Gasteiger partial charge in [0.25, 0.3) is 0 Å². The van der Waals surface area contributed by atoms with Gasteiger partial charge in [0.15, 0.2) is 5.58 Å². The lowest BCUT2D eigenvalue weighted by Crippen LogP contribution is -2.24. The van der Waals surface area contributed by atoms with Crippen LogP contribution in [0, 0.1) is 12.7 Å². The first-order valence-corrected chi connectivity index (χ1v) is 8.79. The van der Waals surface area contributed by atoms with Crippen LogP contribution in [-0.4, -0.2) is 10.5 Å². The van der Waals surface area contributed by atoms with Crippen LogP contribution < -0.4 is 11.5 Å². The summed E-state index contributed by atoms with van der Waals surface area (Å²) in [5.41, 5.74) is 9.65. The fourth-order valence-corrected chi connectivity index (χ4v) is 3.14. The van der Waals surface area contributed by atoms with Gasteiger partial charge in [-0.1, -0.05) is 31.6 Å². The molecule has 2 N–H and O–H groups in total. The lowest BCUT2D eigenvalue weighted by atomic mass is 9.93. The van der Waals surface area contributed by atoms with E-state index in [9.17, 15) is 14.0 Å². The number of fused-ring (bicyclic) bond motifs is 1. The molecule has 0 saturated carbocycles. The van der Waals surface area contributed by atoms with Crippen LogP contribution in [0.3, 0.4) is 0 Å². The molecule has 140 valence electrons. The summed E-state index contributed by atoms with van der Waals surface area (Å²) in [6.07, 6.45) is 3.91. The molecule has 0 aliphatic rings. The molecule has 0 bridgehead atoms. The Morgan fingerprint density at radius 1 is 1.26 bits per heavy atom. The summed E-state index contributed by atoms with van der Waals surface area (Å²) >= 11 is 0. The van der Waals surface area contributed by atoms with Gasteiger partial charge in [-0.2, -0.15) is 0 Å². The Kier molecular flexibility index (Phi) is 5.26. The number of aryl methyl sites for hydroxylation is 1. The van der Waals surface area contributed by atoms with Crippen LogP contribution in [0.1, 0.15) is 36.5 Å². The highest BCUT2D eigenvalue weighted by Crippen LogP contribution is 2.29. The second kappa shape index (κ2) is 7.61. The number of aromatic nitrogens is 1. The third-order valence-corrected chi connectivity index (χ3v) is 4.41. The van der Waals surface area contributed by atoms with Crippen molar-refractivity contribution in [3.8, 4) is 0 Å². The second-order valence-corrected chi connectivity index (χ2v) is 6.47. The molecule has 0 atom stereocenters. The van der Waals surface area contributed by atoms with E-state index in [2.05, 4.69) is 13.0 Å². The van der Waals surface area contributed by atoms with E-state index in [-0.39, 0.29) is 12.4 Å². The zero-order chi connectivity index (χ0) is 19.6. The number of allylic oxidation sites excluding steroid dienone is 1. The average molecular weight is 368 g/mol. The van der Waals surface area contributed by atoms with Crippen LogP contribution in [-0.2, 0) is 11.3 Å². The van der Waals surface area contributed by atoms with Gasteiger partial charge in [-0.3, -0.25) is 9.36 Å². The third kappa shape index (κ3) is 3.84. The Labute approximate surface area is 155 Å². The number of oxazole rings is 1. The zero-order valence-corrected chi connectivity index (χ0v) is 15.3. The minimum absolute atomic E-state index is 0.251. The molecule has 3 rings (SSSR count). The largest absolute Gasteiger partial charge is 0.420 e. The Balaban J connectivity index is 2.19. The lowest BCUT2D eigenvalue weighted by molar-refractivity contribution is -0.118. The molecule has 27 heavy (non-hydrogen) atoms. The summed E-state index contributed by atoms with van der Waals surface area (Å²) < 4.78 is 19.9. The number of primary amides is 1. The van der Waals surface area contributed by atoms with Gasteiger partial charge in [0, 0.05) is 0 Å². The van der Waals surface area contributed by atoms with Crippen LogP contribution in [0.5, 0.6) is 0 Å². The van der Waals surface area contributed by atoms with Crippen molar-refractivity contribution >= 4 is 22.6 Å². The molecule has 0 fully saturated rings. The van der Waals surface area contributed by atoms with E-state index in [4.69, 9.17) is 10.2 Å². The first-order chi connectivity index (χ1) is 12.9. The molecule has 0 radical (unpaired) electrons. The highest BCUT2D eigenvalue weighted by molar-refractivity contribution is 5.87. The van der Waals surface area contributed by atoms with E-state index in [1.807, 2.05) is 13.0 Å². The van der Waals surface area contributed by atoms with Crippen molar-refractivity contribution in [3.63, 3.8) is 0 Å². The van der Waals surface area contributed by atoms with Crippen LogP contribution in [0.2, 0.25) is 0 Å². The first-order valence-electron chi connectivity index (χ1n) is 8.79. The molecule has 0 aliphatic carbocycles. The summed E-state index contributed by atoms with van der Waals surface area (Å²) in [6.45, 7) is 3.69. The maximum Gasteiger partial charge on any atom is 0.420 e. The number of carbonyl (C=O) groups excluding carboxylic acids is 1. The number of nitrogens with zero attached hydrogens (tertiary/aromatic N) is 1. The van der Waals surface area contributed by atoms with Crippen molar-refractivity contribution in [3.05, 3.63) is 75.5 Å². The van der Waals surface area contributed by atoms with E-state index < -0.39 is 11.7 Å². The fraction of sp³-hybridized carbons (Fsp3) is 0.238. The van der Waals surface area contributed by atoms with E-state index >= 15 is 0 Å². The number of benzene rings is 2. The van der Waals surface area contributed by atoms with E-state index in [1.165, 1.54) is 16.7 Å². The number of hydrogen-bond donors (Lipinski definition) is 1. The molecule has 5 nitrogen and oxygen atoms in total. The number of carbonyl (C=O) groups is 1. The number of halogens is 1.